The molecule has 7 nitrogen and oxygen atoms in total. The molecular weight excluding hydrogens is 637 g/mol. The van der Waals surface area contributed by atoms with Gasteiger partial charge in [0.25, 0.3) is 0 Å². The van der Waals surface area contributed by atoms with E-state index < -0.39 is 11.9 Å². The molecule has 4 aromatic carbocycles. The van der Waals surface area contributed by atoms with Crippen molar-refractivity contribution in [3.05, 3.63) is 118 Å². The van der Waals surface area contributed by atoms with Gasteiger partial charge in [-0.05, 0) is 58.7 Å². The molecule has 40 heavy (non-hydrogen) atoms. The van der Waals surface area contributed by atoms with Gasteiger partial charge < -0.3 is 28.8 Å². The van der Waals surface area contributed by atoms with Crippen molar-refractivity contribution in [1.82, 2.24) is 0 Å². The summed E-state index contributed by atoms with van der Waals surface area (Å²) in [5.41, 5.74) is 5.15. The summed E-state index contributed by atoms with van der Waals surface area (Å²) < 4.78 is 28.3. The zero-order valence-corrected chi connectivity index (χ0v) is 25.8. The van der Waals surface area contributed by atoms with Gasteiger partial charge in [0, 0.05) is 64.4 Å². The quantitative estimate of drug-likeness (QED) is 0.250. The smallest absolute Gasteiger partial charge is 0.335 e. The van der Waals surface area contributed by atoms with Crippen molar-refractivity contribution in [3.8, 4) is 28.7 Å². The molecule has 1 N–H and O–H groups in total. The van der Waals surface area contributed by atoms with Crippen LogP contribution in [0, 0.1) is 41.3 Å². The maximum absolute atomic E-state index is 13.5. The van der Waals surface area contributed by atoms with Crippen LogP contribution in [-0.4, -0.2) is 32.1 Å². The van der Waals surface area contributed by atoms with Crippen LogP contribution in [-0.2, 0) is 16.1 Å². The maximum Gasteiger partial charge on any atom is 0.335 e. The van der Waals surface area contributed by atoms with Crippen LogP contribution in [0.25, 0.3) is 5.57 Å². The van der Waals surface area contributed by atoms with E-state index in [0.717, 1.165) is 16.7 Å². The van der Waals surface area contributed by atoms with Crippen LogP contribution < -0.4 is 18.9 Å². The summed E-state index contributed by atoms with van der Waals surface area (Å²) in [6.07, 6.45) is 0. The number of hydrogen-bond acceptors (Lipinski definition) is 7. The fourth-order valence-corrected chi connectivity index (χ4v) is 5.21. The Kier molecular flexibility index (Phi) is 8.33. The summed E-state index contributed by atoms with van der Waals surface area (Å²) in [7, 11) is 2.96. The second kappa shape index (κ2) is 11.9. The molecule has 1 radical (unpaired) electrons. The standard InChI is InChI=1S/C32H26O7.Pr/c1-35-22-10-12-24(27(16-22)37-17-19-6-4-3-5-7-19)30-25-15-21(33)9-11-23(25)29(31(30)32(34)36-2)20-8-13-26-28(14-20)39-18-38-26;/h3-16,29,33H,17-18H2,1-2H3;/t29-;/m0./s1. The van der Waals surface area contributed by atoms with Crippen LogP contribution >= 0.6 is 0 Å². The van der Waals surface area contributed by atoms with Gasteiger partial charge in [0.15, 0.2) is 11.5 Å². The van der Waals surface area contributed by atoms with E-state index >= 15 is 0 Å². The Bertz CT molecular complexity index is 1600. The Morgan fingerprint density at radius 2 is 1.70 bits per heavy atom. The molecule has 6 rings (SSSR count). The molecular formula is C32H26O7Pr. The number of ether oxygens (including phenoxy) is 5. The van der Waals surface area contributed by atoms with Gasteiger partial charge >= 0.3 is 5.97 Å². The topological polar surface area (TPSA) is 83.5 Å². The van der Waals surface area contributed by atoms with Gasteiger partial charge in [0.2, 0.25) is 6.79 Å². The summed E-state index contributed by atoms with van der Waals surface area (Å²) in [6, 6.07) is 26.1. The molecule has 4 aromatic rings. The largest absolute Gasteiger partial charge is 0.508 e. The molecule has 2 aliphatic rings. The molecule has 0 unspecified atom stereocenters. The molecule has 1 atom stereocenters. The fourth-order valence-electron chi connectivity index (χ4n) is 5.21. The molecule has 1 heterocycles. The zero-order chi connectivity index (χ0) is 26.9. The average molecular weight is 663 g/mol. The van der Waals surface area contributed by atoms with Gasteiger partial charge in [-0.1, -0.05) is 42.5 Å². The number of rotatable bonds is 7. The second-order valence-electron chi connectivity index (χ2n) is 9.23. The Balaban J connectivity index is 0.00000323. The fraction of sp³-hybridized carbons (Fsp3) is 0.156. The summed E-state index contributed by atoms with van der Waals surface area (Å²) in [6.45, 7) is 0.465. The Labute approximate surface area is 265 Å². The number of phenolic OH excluding ortho intramolecular Hbond substituents is 1. The molecule has 0 aromatic heterocycles. The predicted octanol–water partition coefficient (Wildman–Crippen LogP) is 5.83. The number of aromatic hydroxyl groups is 1. The molecule has 0 saturated carbocycles. The first-order valence-corrected chi connectivity index (χ1v) is 12.5. The molecule has 199 valence electrons. The van der Waals surface area contributed by atoms with Crippen LogP contribution in [0.3, 0.4) is 0 Å². The molecule has 1 aliphatic carbocycles. The number of methoxy groups -OCH3 is 2. The summed E-state index contributed by atoms with van der Waals surface area (Å²) in [4.78, 5) is 13.5. The minimum absolute atomic E-state index is 0. The van der Waals surface area contributed by atoms with Gasteiger partial charge in [0.05, 0.1) is 19.8 Å². The third-order valence-electron chi connectivity index (χ3n) is 7.01. The van der Waals surface area contributed by atoms with Crippen LogP contribution in [0.2, 0.25) is 0 Å². The first-order valence-electron chi connectivity index (χ1n) is 12.5. The molecule has 0 spiro atoms. The number of phenols is 1. The second-order valence-corrected chi connectivity index (χ2v) is 9.23. The SMILES string of the molecule is COC(=O)C1=C(c2ccc(OC)cc2OCc2ccccc2)c2cc(O)ccc2[C@@H]1c1ccc2c(c1)OCO2.[Pr]. The monoisotopic (exact) mass is 663 g/mol. The van der Waals surface area contributed by atoms with Gasteiger partial charge in [-0.3, -0.25) is 0 Å². The first-order chi connectivity index (χ1) is 19.1. The van der Waals surface area contributed by atoms with E-state index in [1.807, 2.05) is 66.7 Å². The molecule has 0 amide bonds. The summed E-state index contributed by atoms with van der Waals surface area (Å²) in [5.74, 6) is 1.55. The summed E-state index contributed by atoms with van der Waals surface area (Å²) >= 11 is 0. The molecule has 1 aliphatic heterocycles. The third kappa shape index (κ3) is 5.16. The van der Waals surface area contributed by atoms with Gasteiger partial charge in [-0.2, -0.15) is 0 Å². The molecule has 0 saturated heterocycles. The van der Waals surface area contributed by atoms with E-state index in [1.165, 1.54) is 7.11 Å². The average Bonchev–Trinajstić information content (AvgIpc) is 3.58. The van der Waals surface area contributed by atoms with Crippen molar-refractivity contribution in [2.45, 2.75) is 12.5 Å². The number of carbonyl (C=O) groups excluding carboxylic acids is 1. The Hall–Kier alpha value is -3.55. The van der Waals surface area contributed by atoms with E-state index in [1.54, 1.807) is 25.3 Å². The van der Waals surface area contributed by atoms with E-state index in [-0.39, 0.29) is 53.8 Å². The van der Waals surface area contributed by atoms with Crippen molar-refractivity contribution < 1.29 is 74.9 Å². The number of esters is 1. The number of benzene rings is 4. The van der Waals surface area contributed by atoms with Crippen LogP contribution in [0.4, 0.5) is 0 Å². The normalized spacial score (nSPS) is 14.8. The van der Waals surface area contributed by atoms with Crippen LogP contribution in [0.15, 0.2) is 90.5 Å². The van der Waals surface area contributed by atoms with Crippen LogP contribution in [0.1, 0.15) is 33.7 Å². The molecule has 8 heteroatoms. The van der Waals surface area contributed by atoms with Crippen LogP contribution in [0.5, 0.6) is 28.7 Å². The Morgan fingerprint density at radius 1 is 0.900 bits per heavy atom. The minimum atomic E-state index is -0.479. The molecule has 0 fully saturated rings. The zero-order valence-electron chi connectivity index (χ0n) is 22.0. The van der Waals surface area contributed by atoms with Crippen molar-refractivity contribution >= 4 is 11.5 Å². The Morgan fingerprint density at radius 3 is 2.48 bits per heavy atom. The third-order valence-corrected chi connectivity index (χ3v) is 7.01. The van der Waals surface area contributed by atoms with Gasteiger partial charge in [0.1, 0.15) is 23.9 Å². The van der Waals surface area contributed by atoms with E-state index in [2.05, 4.69) is 0 Å². The van der Waals surface area contributed by atoms with Gasteiger partial charge in [-0.15, -0.1) is 0 Å². The number of fused-ring (bicyclic) bond motifs is 2. The van der Waals surface area contributed by atoms with Crippen molar-refractivity contribution in [2.75, 3.05) is 21.0 Å². The maximum atomic E-state index is 13.5. The first kappa shape index (κ1) is 28.0. The molecule has 0 bridgehead atoms. The predicted molar refractivity (Wildman–Crippen MR) is 144 cm³/mol. The van der Waals surface area contributed by atoms with E-state index in [4.69, 9.17) is 23.7 Å². The van der Waals surface area contributed by atoms with E-state index in [9.17, 15) is 9.90 Å². The number of carbonyl (C=O) groups is 1. The summed E-state index contributed by atoms with van der Waals surface area (Å²) in [5, 5.41) is 10.5. The van der Waals surface area contributed by atoms with Crippen molar-refractivity contribution in [1.29, 1.82) is 0 Å². The van der Waals surface area contributed by atoms with Crippen molar-refractivity contribution in [3.63, 3.8) is 0 Å². The van der Waals surface area contributed by atoms with E-state index in [0.29, 0.717) is 51.9 Å². The minimum Gasteiger partial charge on any atom is -0.508 e. The number of hydrogen-bond donors (Lipinski definition) is 1. The van der Waals surface area contributed by atoms with Gasteiger partial charge in [-0.25, -0.2) is 4.79 Å². The van der Waals surface area contributed by atoms with Crippen molar-refractivity contribution in [2.24, 2.45) is 0 Å².